The highest BCUT2D eigenvalue weighted by atomic mass is 16.5. The lowest BCUT2D eigenvalue weighted by Crippen LogP contribution is -2.72. The van der Waals surface area contributed by atoms with Gasteiger partial charge >= 0.3 is 0 Å². The van der Waals surface area contributed by atoms with Gasteiger partial charge in [-0.25, -0.2) is 0 Å². The molecule has 3 atom stereocenters. The Morgan fingerprint density at radius 2 is 1.83 bits per heavy atom. The SMILES string of the molecule is CCOC1CC(N)C1N1CC2(CCCCCC2)C1. The molecular weight excluding hydrogens is 224 g/mol. The number of ether oxygens (including phenoxy) is 1. The molecule has 0 radical (unpaired) electrons. The maximum atomic E-state index is 6.18. The zero-order valence-electron chi connectivity index (χ0n) is 11.7. The van der Waals surface area contributed by atoms with Crippen molar-refractivity contribution in [2.45, 2.75) is 70.1 Å². The number of hydrogen-bond acceptors (Lipinski definition) is 3. The summed E-state index contributed by atoms with van der Waals surface area (Å²) in [6.45, 7) is 5.49. The van der Waals surface area contributed by atoms with Gasteiger partial charge in [0.1, 0.15) is 0 Å². The van der Waals surface area contributed by atoms with Crippen LogP contribution in [0.1, 0.15) is 51.9 Å². The van der Waals surface area contributed by atoms with Crippen LogP contribution in [0.2, 0.25) is 0 Å². The number of hydrogen-bond donors (Lipinski definition) is 1. The minimum atomic E-state index is 0.352. The van der Waals surface area contributed by atoms with Crippen LogP contribution in [0.15, 0.2) is 0 Å². The lowest BCUT2D eigenvalue weighted by atomic mass is 9.69. The quantitative estimate of drug-likeness (QED) is 0.836. The first-order valence-corrected chi connectivity index (χ1v) is 7.85. The maximum Gasteiger partial charge on any atom is 0.0760 e. The Bertz CT molecular complexity index is 276. The van der Waals surface area contributed by atoms with Gasteiger partial charge in [-0.05, 0) is 31.6 Å². The molecule has 2 saturated carbocycles. The topological polar surface area (TPSA) is 38.5 Å². The molecule has 3 heteroatoms. The molecule has 0 aromatic heterocycles. The average molecular weight is 252 g/mol. The Morgan fingerprint density at radius 1 is 1.17 bits per heavy atom. The lowest BCUT2D eigenvalue weighted by molar-refractivity contribution is -0.140. The van der Waals surface area contributed by atoms with E-state index in [2.05, 4.69) is 11.8 Å². The van der Waals surface area contributed by atoms with Crippen molar-refractivity contribution in [3.8, 4) is 0 Å². The molecule has 3 fully saturated rings. The molecule has 1 spiro atoms. The number of rotatable bonds is 3. The van der Waals surface area contributed by atoms with Gasteiger partial charge in [-0.2, -0.15) is 0 Å². The van der Waals surface area contributed by atoms with Crippen LogP contribution < -0.4 is 5.73 Å². The molecule has 3 rings (SSSR count). The molecule has 2 aliphatic carbocycles. The second-order valence-corrected chi connectivity index (χ2v) is 6.70. The summed E-state index contributed by atoms with van der Waals surface area (Å²) in [6.07, 6.45) is 10.2. The molecule has 18 heavy (non-hydrogen) atoms. The van der Waals surface area contributed by atoms with Gasteiger partial charge in [-0.1, -0.05) is 25.7 Å². The van der Waals surface area contributed by atoms with Crippen molar-refractivity contribution in [2.24, 2.45) is 11.1 Å². The molecule has 3 unspecified atom stereocenters. The van der Waals surface area contributed by atoms with Gasteiger partial charge in [0.2, 0.25) is 0 Å². The second kappa shape index (κ2) is 5.10. The van der Waals surface area contributed by atoms with E-state index in [1.165, 1.54) is 51.6 Å². The summed E-state index contributed by atoms with van der Waals surface area (Å²) in [6, 6.07) is 0.864. The van der Waals surface area contributed by atoms with Crippen LogP contribution in [-0.4, -0.2) is 42.8 Å². The second-order valence-electron chi connectivity index (χ2n) is 6.70. The third-order valence-electron chi connectivity index (χ3n) is 5.37. The van der Waals surface area contributed by atoms with E-state index >= 15 is 0 Å². The molecule has 1 heterocycles. The smallest absolute Gasteiger partial charge is 0.0760 e. The molecular formula is C15H28N2O. The molecule has 3 nitrogen and oxygen atoms in total. The number of likely N-dealkylation sites (tertiary alicyclic amines) is 1. The van der Waals surface area contributed by atoms with Crippen LogP contribution in [-0.2, 0) is 4.74 Å². The highest BCUT2D eigenvalue weighted by molar-refractivity contribution is 5.07. The van der Waals surface area contributed by atoms with Gasteiger partial charge in [-0.3, -0.25) is 4.90 Å². The van der Waals surface area contributed by atoms with Gasteiger partial charge in [0.05, 0.1) is 12.1 Å². The van der Waals surface area contributed by atoms with Crippen molar-refractivity contribution in [1.82, 2.24) is 4.90 Å². The highest BCUT2D eigenvalue weighted by Gasteiger charge is 2.52. The van der Waals surface area contributed by atoms with Crippen LogP contribution in [0.25, 0.3) is 0 Å². The highest BCUT2D eigenvalue weighted by Crippen LogP contribution is 2.46. The first-order chi connectivity index (χ1) is 8.74. The van der Waals surface area contributed by atoms with Crippen LogP contribution in [0, 0.1) is 5.41 Å². The molecule has 1 saturated heterocycles. The first kappa shape index (κ1) is 12.9. The Morgan fingerprint density at radius 3 is 2.39 bits per heavy atom. The van der Waals surface area contributed by atoms with Crippen LogP contribution >= 0.6 is 0 Å². The number of nitrogens with two attached hydrogens (primary N) is 1. The molecule has 104 valence electrons. The molecule has 0 bridgehead atoms. The fourth-order valence-corrected chi connectivity index (χ4v) is 4.33. The Labute approximate surface area is 111 Å². The molecule has 0 amide bonds. The van der Waals surface area contributed by atoms with E-state index in [1.54, 1.807) is 0 Å². The van der Waals surface area contributed by atoms with Gasteiger partial charge in [0.25, 0.3) is 0 Å². The van der Waals surface area contributed by atoms with E-state index in [-0.39, 0.29) is 0 Å². The van der Waals surface area contributed by atoms with Crippen molar-refractivity contribution in [3.05, 3.63) is 0 Å². The monoisotopic (exact) mass is 252 g/mol. The van der Waals surface area contributed by atoms with E-state index in [1.807, 2.05) is 0 Å². The minimum Gasteiger partial charge on any atom is -0.377 e. The average Bonchev–Trinajstić information content (AvgIpc) is 2.54. The maximum absolute atomic E-state index is 6.18. The zero-order valence-corrected chi connectivity index (χ0v) is 11.7. The Hall–Kier alpha value is -0.120. The normalized spacial score (nSPS) is 40.0. The standard InChI is InChI=1S/C15H28N2O/c1-2-18-13-9-12(16)14(13)17-10-15(11-17)7-5-3-4-6-8-15/h12-14H,2-11,16H2,1H3. The van der Waals surface area contributed by atoms with E-state index in [9.17, 15) is 0 Å². The summed E-state index contributed by atoms with van der Waals surface area (Å²) in [4.78, 5) is 2.61. The molecule has 2 N–H and O–H groups in total. The zero-order chi connectivity index (χ0) is 12.6. The Balaban J connectivity index is 1.54. The van der Waals surface area contributed by atoms with Gasteiger partial charge < -0.3 is 10.5 Å². The van der Waals surface area contributed by atoms with E-state index in [0.29, 0.717) is 23.6 Å². The largest absolute Gasteiger partial charge is 0.377 e. The van der Waals surface area contributed by atoms with Gasteiger partial charge in [0.15, 0.2) is 0 Å². The van der Waals surface area contributed by atoms with Crippen molar-refractivity contribution in [1.29, 1.82) is 0 Å². The van der Waals surface area contributed by atoms with Gasteiger partial charge in [0, 0.05) is 25.7 Å². The van der Waals surface area contributed by atoms with Crippen LogP contribution in [0.5, 0.6) is 0 Å². The van der Waals surface area contributed by atoms with E-state index < -0.39 is 0 Å². The third kappa shape index (κ3) is 2.21. The predicted molar refractivity (Wildman–Crippen MR) is 73.5 cm³/mol. The summed E-state index contributed by atoms with van der Waals surface area (Å²) in [7, 11) is 0. The fourth-order valence-electron chi connectivity index (χ4n) is 4.33. The van der Waals surface area contributed by atoms with Crippen molar-refractivity contribution < 1.29 is 4.74 Å². The molecule has 0 aromatic carbocycles. The Kier molecular flexibility index (Phi) is 3.65. The first-order valence-electron chi connectivity index (χ1n) is 7.85. The van der Waals surface area contributed by atoms with Crippen molar-refractivity contribution >= 4 is 0 Å². The summed E-state index contributed by atoms with van der Waals surface area (Å²) in [5, 5.41) is 0. The fraction of sp³-hybridized carbons (Fsp3) is 1.00. The van der Waals surface area contributed by atoms with Crippen molar-refractivity contribution in [3.63, 3.8) is 0 Å². The summed E-state index contributed by atoms with van der Waals surface area (Å²) < 4.78 is 5.80. The lowest BCUT2D eigenvalue weighted by Gasteiger charge is -2.59. The van der Waals surface area contributed by atoms with Gasteiger partial charge in [-0.15, -0.1) is 0 Å². The molecule has 0 aromatic rings. The van der Waals surface area contributed by atoms with E-state index in [4.69, 9.17) is 10.5 Å². The van der Waals surface area contributed by atoms with Crippen molar-refractivity contribution in [2.75, 3.05) is 19.7 Å². The predicted octanol–water partition coefficient (Wildman–Crippen LogP) is 2.15. The van der Waals surface area contributed by atoms with E-state index in [0.717, 1.165) is 13.0 Å². The third-order valence-corrected chi connectivity index (χ3v) is 5.37. The summed E-state index contributed by atoms with van der Waals surface area (Å²) >= 11 is 0. The van der Waals surface area contributed by atoms with Crippen LogP contribution in [0.3, 0.4) is 0 Å². The molecule has 3 aliphatic rings. The minimum absolute atomic E-state index is 0.352. The number of nitrogens with zero attached hydrogens (tertiary/aromatic N) is 1. The van der Waals surface area contributed by atoms with Crippen LogP contribution in [0.4, 0.5) is 0 Å². The summed E-state index contributed by atoms with van der Waals surface area (Å²) in [5.41, 5.74) is 6.84. The molecule has 1 aliphatic heterocycles. The summed E-state index contributed by atoms with van der Waals surface area (Å²) in [5.74, 6) is 0.